The quantitative estimate of drug-likeness (QED) is 0.112. The third kappa shape index (κ3) is 9.28. The zero-order valence-electron chi connectivity index (χ0n) is 28.3. The SMILES string of the molecule is CN/C(C)=C\C(N)=N/c1ncc(C)c(-c2c[nH]c3c(NC(=O)CN4CCCC4)cccc23)n1.COc1cc(NC2CCCCC2)ncn1. The van der Waals surface area contributed by atoms with E-state index in [1.54, 1.807) is 19.4 Å². The number of aromatic amines is 1. The number of nitrogens with two attached hydrogens (primary N) is 1. The molecule has 3 aromatic heterocycles. The lowest BCUT2D eigenvalue weighted by Crippen LogP contribution is -2.30. The fraction of sp³-hybridized carbons (Fsp3) is 0.429. The summed E-state index contributed by atoms with van der Waals surface area (Å²) in [4.78, 5) is 39.5. The number of amidine groups is 1. The summed E-state index contributed by atoms with van der Waals surface area (Å²) < 4.78 is 5.05. The number of para-hydroxylation sites is 1. The van der Waals surface area contributed by atoms with Crippen LogP contribution in [0.2, 0.25) is 0 Å². The summed E-state index contributed by atoms with van der Waals surface area (Å²) in [7, 11) is 3.44. The molecule has 1 saturated carbocycles. The average molecular weight is 654 g/mol. The zero-order valence-corrected chi connectivity index (χ0v) is 28.3. The first-order valence-corrected chi connectivity index (χ1v) is 16.6. The molecule has 13 heteroatoms. The van der Waals surface area contributed by atoms with Crippen molar-refractivity contribution in [2.75, 3.05) is 44.4 Å². The molecule has 0 radical (unpaired) electrons. The molecule has 0 unspecified atom stereocenters. The number of rotatable bonds is 10. The molecule has 4 heterocycles. The molecule has 4 aromatic rings. The molecule has 1 saturated heterocycles. The van der Waals surface area contributed by atoms with Gasteiger partial charge in [-0.2, -0.15) is 4.99 Å². The van der Waals surface area contributed by atoms with Crippen molar-refractivity contribution >= 4 is 40.1 Å². The molecule has 48 heavy (non-hydrogen) atoms. The fourth-order valence-corrected chi connectivity index (χ4v) is 5.98. The first kappa shape index (κ1) is 34.3. The number of H-pyrrole nitrogens is 1. The Balaban J connectivity index is 0.000000250. The summed E-state index contributed by atoms with van der Waals surface area (Å²) in [5.41, 5.74) is 11.1. The van der Waals surface area contributed by atoms with E-state index in [0.29, 0.717) is 24.3 Å². The van der Waals surface area contributed by atoms with E-state index in [9.17, 15) is 4.79 Å². The van der Waals surface area contributed by atoms with E-state index in [2.05, 4.69) is 50.8 Å². The van der Waals surface area contributed by atoms with Crippen LogP contribution in [0.4, 0.5) is 17.5 Å². The van der Waals surface area contributed by atoms with Crippen LogP contribution in [0.1, 0.15) is 57.4 Å². The molecule has 0 bridgehead atoms. The number of aromatic nitrogens is 5. The lowest BCUT2D eigenvalue weighted by molar-refractivity contribution is -0.117. The maximum absolute atomic E-state index is 12.6. The molecule has 1 amide bonds. The van der Waals surface area contributed by atoms with Gasteiger partial charge in [0.25, 0.3) is 5.95 Å². The first-order valence-electron chi connectivity index (χ1n) is 16.6. The number of nitrogens with one attached hydrogen (secondary N) is 4. The predicted molar refractivity (Wildman–Crippen MR) is 192 cm³/mol. The Morgan fingerprint density at radius 3 is 2.69 bits per heavy atom. The highest BCUT2D eigenvalue weighted by molar-refractivity contribution is 6.06. The Bertz CT molecular complexity index is 1740. The van der Waals surface area contributed by atoms with Crippen molar-refractivity contribution in [1.82, 2.24) is 35.1 Å². The Kier molecular flexibility index (Phi) is 11.9. The Morgan fingerprint density at radius 2 is 1.94 bits per heavy atom. The fourth-order valence-electron chi connectivity index (χ4n) is 5.98. The van der Waals surface area contributed by atoms with Crippen molar-refractivity contribution in [3.05, 3.63) is 60.3 Å². The highest BCUT2D eigenvalue weighted by Gasteiger charge is 2.18. The summed E-state index contributed by atoms with van der Waals surface area (Å²) in [5, 5.41) is 10.5. The molecular weight excluding hydrogens is 606 g/mol. The number of methoxy groups -OCH3 is 1. The number of aliphatic imine (C=N–C) groups is 1. The molecule has 254 valence electrons. The minimum absolute atomic E-state index is 0.00391. The summed E-state index contributed by atoms with van der Waals surface area (Å²) >= 11 is 0. The molecular formula is C35H47N11O2. The molecule has 2 fully saturated rings. The number of allylic oxidation sites excluding steroid dienone is 1. The van der Waals surface area contributed by atoms with Crippen LogP contribution >= 0.6 is 0 Å². The summed E-state index contributed by atoms with van der Waals surface area (Å²) in [6.07, 6.45) is 15.7. The van der Waals surface area contributed by atoms with E-state index in [1.165, 1.54) is 38.4 Å². The highest BCUT2D eigenvalue weighted by atomic mass is 16.5. The topological polar surface area (TPSA) is 171 Å². The van der Waals surface area contributed by atoms with Crippen LogP contribution in [0.25, 0.3) is 22.2 Å². The van der Waals surface area contributed by atoms with E-state index < -0.39 is 0 Å². The Morgan fingerprint density at radius 1 is 1.15 bits per heavy atom. The minimum Gasteiger partial charge on any atom is -0.481 e. The van der Waals surface area contributed by atoms with Gasteiger partial charge in [-0.25, -0.2) is 19.9 Å². The zero-order chi connectivity index (χ0) is 33.9. The summed E-state index contributed by atoms with van der Waals surface area (Å²) in [5.74, 6) is 2.09. The second kappa shape index (κ2) is 16.7. The number of anilines is 2. The molecule has 6 rings (SSSR count). The van der Waals surface area contributed by atoms with Gasteiger partial charge in [0.05, 0.1) is 30.6 Å². The number of benzene rings is 1. The third-order valence-corrected chi connectivity index (χ3v) is 8.57. The smallest absolute Gasteiger partial charge is 0.251 e. The van der Waals surface area contributed by atoms with Crippen LogP contribution in [0.15, 0.2) is 59.8 Å². The van der Waals surface area contributed by atoms with E-state index in [0.717, 1.165) is 70.9 Å². The number of amides is 1. The van der Waals surface area contributed by atoms with E-state index in [-0.39, 0.29) is 11.9 Å². The van der Waals surface area contributed by atoms with Gasteiger partial charge < -0.3 is 31.4 Å². The maximum Gasteiger partial charge on any atom is 0.251 e. The van der Waals surface area contributed by atoms with E-state index in [1.807, 2.05) is 51.4 Å². The monoisotopic (exact) mass is 653 g/mol. The molecule has 0 spiro atoms. The molecule has 2 aliphatic rings. The average Bonchev–Trinajstić information content (AvgIpc) is 3.77. The van der Waals surface area contributed by atoms with E-state index >= 15 is 0 Å². The van der Waals surface area contributed by atoms with Crippen molar-refractivity contribution in [3.8, 4) is 17.1 Å². The maximum atomic E-state index is 12.6. The predicted octanol–water partition coefficient (Wildman–Crippen LogP) is 5.31. The van der Waals surface area contributed by atoms with Gasteiger partial charge in [-0.3, -0.25) is 9.69 Å². The van der Waals surface area contributed by atoms with Gasteiger partial charge in [0.15, 0.2) is 0 Å². The molecule has 1 aliphatic carbocycles. The first-order chi connectivity index (χ1) is 23.3. The lowest BCUT2D eigenvalue weighted by atomic mass is 9.95. The third-order valence-electron chi connectivity index (χ3n) is 8.57. The normalized spacial score (nSPS) is 15.9. The number of carbonyl (C=O) groups excluding carboxylic acids is 1. The number of nitrogens with zero attached hydrogens (tertiary/aromatic N) is 6. The van der Waals surface area contributed by atoms with Crippen LogP contribution in [0, 0.1) is 6.92 Å². The molecule has 1 aliphatic heterocycles. The van der Waals surface area contributed by atoms with Gasteiger partial charge in [-0.05, 0) is 70.3 Å². The van der Waals surface area contributed by atoms with Crippen molar-refractivity contribution in [2.24, 2.45) is 10.7 Å². The van der Waals surface area contributed by atoms with Gasteiger partial charge in [0.1, 0.15) is 18.0 Å². The van der Waals surface area contributed by atoms with Gasteiger partial charge in [-0.1, -0.05) is 31.4 Å². The number of hydrogen-bond acceptors (Lipinski definition) is 10. The van der Waals surface area contributed by atoms with Crippen molar-refractivity contribution in [3.63, 3.8) is 0 Å². The lowest BCUT2D eigenvalue weighted by Gasteiger charge is -2.23. The van der Waals surface area contributed by atoms with Crippen LogP contribution < -0.4 is 26.4 Å². The molecule has 13 nitrogen and oxygen atoms in total. The highest BCUT2D eigenvalue weighted by Crippen LogP contribution is 2.33. The number of carbonyl (C=O) groups is 1. The van der Waals surface area contributed by atoms with Crippen molar-refractivity contribution < 1.29 is 9.53 Å². The van der Waals surface area contributed by atoms with Crippen LogP contribution in [-0.4, -0.2) is 81.4 Å². The van der Waals surface area contributed by atoms with Gasteiger partial charge in [0, 0.05) is 48.2 Å². The molecule has 6 N–H and O–H groups in total. The number of aryl methyl sites for hydroxylation is 1. The number of fused-ring (bicyclic) bond motifs is 1. The van der Waals surface area contributed by atoms with Crippen LogP contribution in [0.3, 0.4) is 0 Å². The van der Waals surface area contributed by atoms with Gasteiger partial charge in [-0.15, -0.1) is 0 Å². The van der Waals surface area contributed by atoms with Crippen LogP contribution in [-0.2, 0) is 4.79 Å². The van der Waals surface area contributed by atoms with Gasteiger partial charge >= 0.3 is 0 Å². The minimum atomic E-state index is -0.00391. The van der Waals surface area contributed by atoms with Crippen LogP contribution in [0.5, 0.6) is 5.88 Å². The van der Waals surface area contributed by atoms with Crippen molar-refractivity contribution in [1.29, 1.82) is 0 Å². The largest absolute Gasteiger partial charge is 0.481 e. The Hall–Kier alpha value is -5.04. The number of hydrogen-bond donors (Lipinski definition) is 5. The molecule has 1 aromatic carbocycles. The van der Waals surface area contributed by atoms with E-state index in [4.69, 9.17) is 10.5 Å². The standard InChI is InChI=1S/C24H30N8O.C11H17N3O/c1-15-12-28-24(30-20(25)11-16(2)26-3)31-22(15)18-13-27-23-17(18)7-6-8-19(23)29-21(33)14-32-9-4-5-10-32;1-15-11-7-10(12-8-13-11)14-9-5-3-2-4-6-9/h6-8,11-13,26-27H,4-5,9-10,14H2,1-3H3,(H,29,33)(H2,25,28,30,31);7-9H,2-6H2,1H3,(H,12,13,14)/b16-11-;. The summed E-state index contributed by atoms with van der Waals surface area (Å²) in [6, 6.07) is 8.26. The summed E-state index contributed by atoms with van der Waals surface area (Å²) in [6.45, 7) is 6.24. The van der Waals surface area contributed by atoms with Gasteiger partial charge in [0.2, 0.25) is 11.8 Å². The second-order valence-electron chi connectivity index (χ2n) is 12.2. The Labute approximate surface area is 281 Å². The second-order valence-corrected chi connectivity index (χ2v) is 12.2. The van der Waals surface area contributed by atoms with Crippen molar-refractivity contribution in [2.45, 2.75) is 64.8 Å². The number of ether oxygens (including phenoxy) is 1. The molecule has 0 atom stereocenters. The number of likely N-dealkylation sites (tertiary alicyclic amines) is 1.